The van der Waals surface area contributed by atoms with E-state index in [0.717, 1.165) is 24.1 Å². The molecule has 0 aliphatic heterocycles. The third kappa shape index (κ3) is 2.18. The van der Waals surface area contributed by atoms with Gasteiger partial charge in [-0.15, -0.1) is 0 Å². The maximum Gasteiger partial charge on any atom is 0.105 e. The Hall–Kier alpha value is -0.760. The lowest BCUT2D eigenvalue weighted by Crippen LogP contribution is -2.25. The van der Waals surface area contributed by atoms with Crippen LogP contribution in [0.15, 0.2) is 10.5 Å². The van der Waals surface area contributed by atoms with Crippen molar-refractivity contribution in [1.29, 1.82) is 0 Å². The minimum Gasteiger partial charge on any atom is -0.466 e. The maximum absolute atomic E-state index is 5.49. The summed E-state index contributed by atoms with van der Waals surface area (Å²) in [4.78, 5) is 0. The molecule has 78 valence electrons. The summed E-state index contributed by atoms with van der Waals surface area (Å²) >= 11 is 0. The predicted molar refractivity (Wildman–Crippen MR) is 57.3 cm³/mol. The lowest BCUT2D eigenvalue weighted by atomic mass is 10.2. The molecule has 1 aliphatic carbocycles. The Bertz CT molecular complexity index is 297. The van der Waals surface area contributed by atoms with E-state index < -0.39 is 0 Å². The van der Waals surface area contributed by atoms with E-state index in [4.69, 9.17) is 4.42 Å². The molecule has 1 aromatic heterocycles. The van der Waals surface area contributed by atoms with Crippen molar-refractivity contribution in [2.45, 2.75) is 52.1 Å². The highest BCUT2D eigenvalue weighted by Gasteiger charge is 2.14. The van der Waals surface area contributed by atoms with Crippen LogP contribution in [0, 0.1) is 13.8 Å². The van der Waals surface area contributed by atoms with E-state index in [0.29, 0.717) is 0 Å². The van der Waals surface area contributed by atoms with Crippen molar-refractivity contribution in [2.24, 2.45) is 0 Å². The van der Waals surface area contributed by atoms with E-state index in [2.05, 4.69) is 11.4 Å². The Morgan fingerprint density at radius 1 is 1.36 bits per heavy atom. The van der Waals surface area contributed by atoms with E-state index in [1.165, 1.54) is 31.2 Å². The molecule has 1 N–H and O–H groups in total. The second-order valence-corrected chi connectivity index (χ2v) is 4.30. The fraction of sp³-hybridized carbons (Fsp3) is 0.667. The van der Waals surface area contributed by atoms with E-state index in [9.17, 15) is 0 Å². The van der Waals surface area contributed by atoms with Gasteiger partial charge in [-0.05, 0) is 32.8 Å². The molecule has 2 rings (SSSR count). The summed E-state index contributed by atoms with van der Waals surface area (Å²) in [6, 6.07) is 2.88. The first-order valence-corrected chi connectivity index (χ1v) is 5.55. The Morgan fingerprint density at radius 2 is 2.07 bits per heavy atom. The molecule has 1 saturated carbocycles. The average molecular weight is 193 g/mol. The third-order valence-corrected chi connectivity index (χ3v) is 3.08. The van der Waals surface area contributed by atoms with Gasteiger partial charge in [0.2, 0.25) is 0 Å². The first-order chi connectivity index (χ1) is 6.75. The summed E-state index contributed by atoms with van der Waals surface area (Å²) in [6.45, 7) is 5.01. The number of nitrogens with one attached hydrogen (secondary N) is 1. The molecule has 0 aromatic carbocycles. The van der Waals surface area contributed by atoms with Gasteiger partial charge in [-0.25, -0.2) is 0 Å². The van der Waals surface area contributed by atoms with Gasteiger partial charge in [0.05, 0.1) is 0 Å². The number of rotatable bonds is 3. The van der Waals surface area contributed by atoms with E-state index in [1.54, 1.807) is 0 Å². The maximum atomic E-state index is 5.49. The Balaban J connectivity index is 1.87. The van der Waals surface area contributed by atoms with Crippen molar-refractivity contribution >= 4 is 0 Å². The van der Waals surface area contributed by atoms with Crippen LogP contribution in [-0.4, -0.2) is 6.04 Å². The van der Waals surface area contributed by atoms with Gasteiger partial charge in [-0.2, -0.15) is 0 Å². The topological polar surface area (TPSA) is 25.2 Å². The molecule has 0 spiro atoms. The normalized spacial score (nSPS) is 17.9. The standard InChI is InChI=1S/C12H19NO/c1-9-7-11(10(2)14-9)8-13-12-5-3-4-6-12/h7,12-13H,3-6,8H2,1-2H3. The highest BCUT2D eigenvalue weighted by molar-refractivity contribution is 5.19. The fourth-order valence-corrected chi connectivity index (χ4v) is 2.24. The minimum atomic E-state index is 0.740. The van der Waals surface area contributed by atoms with Gasteiger partial charge in [-0.3, -0.25) is 0 Å². The quantitative estimate of drug-likeness (QED) is 0.798. The van der Waals surface area contributed by atoms with Crippen LogP contribution in [-0.2, 0) is 6.54 Å². The molecule has 1 heterocycles. The zero-order valence-corrected chi connectivity index (χ0v) is 9.10. The zero-order chi connectivity index (χ0) is 9.97. The van der Waals surface area contributed by atoms with Crippen molar-refractivity contribution in [2.75, 3.05) is 0 Å². The van der Waals surface area contributed by atoms with E-state index in [1.807, 2.05) is 13.8 Å². The number of aryl methyl sites for hydroxylation is 2. The van der Waals surface area contributed by atoms with Crippen molar-refractivity contribution in [1.82, 2.24) is 5.32 Å². The molecule has 2 heteroatoms. The Labute approximate surface area is 85.7 Å². The largest absolute Gasteiger partial charge is 0.466 e. The van der Waals surface area contributed by atoms with Crippen LogP contribution in [0.2, 0.25) is 0 Å². The monoisotopic (exact) mass is 193 g/mol. The molecule has 0 unspecified atom stereocenters. The van der Waals surface area contributed by atoms with Crippen LogP contribution >= 0.6 is 0 Å². The van der Waals surface area contributed by atoms with Crippen LogP contribution in [0.1, 0.15) is 42.8 Å². The van der Waals surface area contributed by atoms with Gasteiger partial charge in [0.25, 0.3) is 0 Å². The second-order valence-electron chi connectivity index (χ2n) is 4.30. The Kier molecular flexibility index (Phi) is 2.92. The summed E-state index contributed by atoms with van der Waals surface area (Å²) in [5, 5.41) is 3.59. The van der Waals surface area contributed by atoms with Gasteiger partial charge in [0.1, 0.15) is 11.5 Å². The molecule has 14 heavy (non-hydrogen) atoms. The van der Waals surface area contributed by atoms with Crippen LogP contribution in [0.3, 0.4) is 0 Å². The van der Waals surface area contributed by atoms with E-state index in [-0.39, 0.29) is 0 Å². The lowest BCUT2D eigenvalue weighted by Gasteiger charge is -2.10. The molecule has 0 saturated heterocycles. The summed E-state index contributed by atoms with van der Waals surface area (Å²) in [5.74, 6) is 2.08. The smallest absolute Gasteiger partial charge is 0.105 e. The molecular formula is C12H19NO. The molecule has 0 atom stereocenters. The van der Waals surface area contributed by atoms with Crippen LogP contribution < -0.4 is 5.32 Å². The highest BCUT2D eigenvalue weighted by Crippen LogP contribution is 2.19. The summed E-state index contributed by atoms with van der Waals surface area (Å²) in [7, 11) is 0. The number of hydrogen-bond donors (Lipinski definition) is 1. The molecule has 1 aromatic rings. The number of hydrogen-bond acceptors (Lipinski definition) is 2. The molecule has 1 fully saturated rings. The van der Waals surface area contributed by atoms with Gasteiger partial charge in [0, 0.05) is 18.2 Å². The van der Waals surface area contributed by atoms with Crippen LogP contribution in [0.4, 0.5) is 0 Å². The van der Waals surface area contributed by atoms with Gasteiger partial charge in [-0.1, -0.05) is 12.8 Å². The number of furan rings is 1. The van der Waals surface area contributed by atoms with Crippen molar-refractivity contribution in [3.05, 3.63) is 23.2 Å². The average Bonchev–Trinajstić information content (AvgIpc) is 2.72. The minimum absolute atomic E-state index is 0.740. The molecular weight excluding hydrogens is 174 g/mol. The van der Waals surface area contributed by atoms with Gasteiger partial charge in [0.15, 0.2) is 0 Å². The van der Waals surface area contributed by atoms with Crippen molar-refractivity contribution in [3.8, 4) is 0 Å². The molecule has 0 bridgehead atoms. The molecule has 1 aliphatic rings. The van der Waals surface area contributed by atoms with Gasteiger partial charge < -0.3 is 9.73 Å². The van der Waals surface area contributed by atoms with Crippen molar-refractivity contribution < 1.29 is 4.42 Å². The van der Waals surface area contributed by atoms with E-state index >= 15 is 0 Å². The van der Waals surface area contributed by atoms with Crippen LogP contribution in [0.25, 0.3) is 0 Å². The molecule has 0 amide bonds. The predicted octanol–water partition coefficient (Wildman–Crippen LogP) is 2.93. The molecule has 0 radical (unpaired) electrons. The second kappa shape index (κ2) is 4.18. The first-order valence-electron chi connectivity index (χ1n) is 5.55. The fourth-order valence-electron chi connectivity index (χ4n) is 2.24. The summed E-state index contributed by atoms with van der Waals surface area (Å²) in [6.07, 6.45) is 5.47. The summed E-state index contributed by atoms with van der Waals surface area (Å²) in [5.41, 5.74) is 1.31. The molecule has 2 nitrogen and oxygen atoms in total. The van der Waals surface area contributed by atoms with Crippen LogP contribution in [0.5, 0.6) is 0 Å². The summed E-state index contributed by atoms with van der Waals surface area (Å²) < 4.78 is 5.49. The van der Waals surface area contributed by atoms with Gasteiger partial charge >= 0.3 is 0 Å². The highest BCUT2D eigenvalue weighted by atomic mass is 16.3. The SMILES string of the molecule is Cc1cc(CNC2CCCC2)c(C)o1. The third-order valence-electron chi connectivity index (χ3n) is 3.08. The lowest BCUT2D eigenvalue weighted by molar-refractivity contribution is 0.489. The zero-order valence-electron chi connectivity index (χ0n) is 9.10. The first kappa shape index (κ1) is 9.78. The Morgan fingerprint density at radius 3 is 2.64 bits per heavy atom. The van der Waals surface area contributed by atoms with Crippen molar-refractivity contribution in [3.63, 3.8) is 0 Å².